The monoisotopic (exact) mass is 338 g/mol. The highest BCUT2D eigenvalue weighted by atomic mass is 19.1. The van der Waals surface area contributed by atoms with E-state index >= 15 is 0 Å². The van der Waals surface area contributed by atoms with Gasteiger partial charge in [0.05, 0.1) is 11.0 Å². The van der Waals surface area contributed by atoms with Gasteiger partial charge in [0.1, 0.15) is 5.82 Å². The summed E-state index contributed by atoms with van der Waals surface area (Å²) in [6.45, 7) is 3.41. The Kier molecular flexibility index (Phi) is 3.77. The van der Waals surface area contributed by atoms with Gasteiger partial charge in [-0.25, -0.2) is 9.37 Å². The van der Waals surface area contributed by atoms with Crippen molar-refractivity contribution < 1.29 is 9.18 Å². The van der Waals surface area contributed by atoms with E-state index in [9.17, 15) is 9.18 Å². The third-order valence-corrected chi connectivity index (χ3v) is 4.78. The lowest BCUT2D eigenvalue weighted by Gasteiger charge is -2.42. The quantitative estimate of drug-likeness (QED) is 0.685. The average molecular weight is 338 g/mol. The summed E-state index contributed by atoms with van der Waals surface area (Å²) in [5, 5.41) is 6.06. The summed E-state index contributed by atoms with van der Waals surface area (Å²) in [5.74, 6) is 0.0712. The Morgan fingerprint density at radius 1 is 1.24 bits per heavy atom. The molecule has 1 aromatic heterocycles. The van der Waals surface area contributed by atoms with Crippen molar-refractivity contribution in [3.05, 3.63) is 59.4 Å². The first-order valence-corrected chi connectivity index (χ1v) is 8.27. The maximum absolute atomic E-state index is 13.2. The number of halogens is 1. The van der Waals surface area contributed by atoms with Crippen molar-refractivity contribution in [1.29, 1.82) is 0 Å². The first-order chi connectivity index (χ1) is 12.0. The number of rotatable bonds is 4. The predicted octanol–water partition coefficient (Wildman–Crippen LogP) is 2.88. The molecule has 0 saturated carbocycles. The molecule has 4 rings (SSSR count). The van der Waals surface area contributed by atoms with Crippen LogP contribution in [-0.4, -0.2) is 29.0 Å². The van der Waals surface area contributed by atoms with E-state index in [-0.39, 0.29) is 17.1 Å². The largest absolute Gasteiger partial charge is 0.324 e. The van der Waals surface area contributed by atoms with Crippen molar-refractivity contribution in [1.82, 2.24) is 15.3 Å². The fraction of sp³-hybridized carbons (Fsp3) is 0.263. The van der Waals surface area contributed by atoms with Crippen molar-refractivity contribution in [3.63, 3.8) is 0 Å². The van der Waals surface area contributed by atoms with Gasteiger partial charge in [0.15, 0.2) is 0 Å². The molecule has 0 unspecified atom stereocenters. The fourth-order valence-electron chi connectivity index (χ4n) is 3.33. The number of anilines is 1. The Bertz CT molecular complexity index is 928. The number of H-pyrrole nitrogens is 1. The van der Waals surface area contributed by atoms with Crippen molar-refractivity contribution in [2.75, 3.05) is 18.4 Å². The van der Waals surface area contributed by atoms with Crippen LogP contribution in [0.15, 0.2) is 42.5 Å². The van der Waals surface area contributed by atoms with Gasteiger partial charge in [0, 0.05) is 24.9 Å². The first kappa shape index (κ1) is 15.8. The van der Waals surface area contributed by atoms with Crippen molar-refractivity contribution in [3.8, 4) is 0 Å². The van der Waals surface area contributed by atoms with E-state index in [2.05, 4.69) is 20.6 Å². The van der Waals surface area contributed by atoms with Crippen LogP contribution in [0.5, 0.6) is 0 Å². The Labute approximate surface area is 144 Å². The number of aryl methyl sites for hydroxylation is 1. The molecule has 0 aliphatic carbocycles. The number of hydrogen-bond donors (Lipinski definition) is 3. The van der Waals surface area contributed by atoms with E-state index in [1.807, 2.05) is 25.1 Å². The number of imidazole rings is 1. The lowest BCUT2D eigenvalue weighted by molar-refractivity contribution is -0.118. The molecule has 3 N–H and O–H groups in total. The molecule has 0 spiro atoms. The molecule has 2 heterocycles. The van der Waals surface area contributed by atoms with Crippen LogP contribution in [0, 0.1) is 12.7 Å². The highest BCUT2D eigenvalue weighted by molar-refractivity contribution is 5.92. The summed E-state index contributed by atoms with van der Waals surface area (Å²) >= 11 is 0. The molecule has 0 atom stereocenters. The number of hydrogen-bond acceptors (Lipinski definition) is 3. The molecule has 2 aromatic carbocycles. The molecule has 6 heteroatoms. The number of fused-ring (bicyclic) bond motifs is 1. The van der Waals surface area contributed by atoms with Crippen LogP contribution in [0.2, 0.25) is 0 Å². The Balaban J connectivity index is 1.51. The van der Waals surface area contributed by atoms with E-state index in [4.69, 9.17) is 0 Å². The van der Waals surface area contributed by atoms with Gasteiger partial charge in [-0.1, -0.05) is 18.2 Å². The average Bonchev–Trinajstić information content (AvgIpc) is 2.93. The standard InChI is InChI=1S/C19H19FN4O/c1-12-2-7-15-16(8-12)23-18(22-15)24-17(25)9-19(10-21-11-19)13-3-5-14(20)6-4-13/h2-8,21H,9-11H2,1H3,(H2,22,23,24,25). The lowest BCUT2D eigenvalue weighted by Crippen LogP contribution is -2.58. The zero-order valence-electron chi connectivity index (χ0n) is 13.9. The first-order valence-electron chi connectivity index (χ1n) is 8.27. The molecule has 128 valence electrons. The van der Waals surface area contributed by atoms with Gasteiger partial charge in [-0.3, -0.25) is 10.1 Å². The zero-order valence-corrected chi connectivity index (χ0v) is 13.9. The smallest absolute Gasteiger partial charge is 0.227 e. The van der Waals surface area contributed by atoms with Crippen molar-refractivity contribution in [2.45, 2.75) is 18.8 Å². The molecule has 1 aliphatic rings. The fourth-order valence-corrected chi connectivity index (χ4v) is 3.33. The number of benzene rings is 2. The minimum absolute atomic E-state index is 0.110. The molecule has 0 bridgehead atoms. The number of carbonyl (C=O) groups is 1. The van der Waals surface area contributed by atoms with Gasteiger partial charge in [-0.05, 0) is 42.3 Å². The molecule has 3 aromatic rings. The SMILES string of the molecule is Cc1ccc2nc(NC(=O)CC3(c4ccc(F)cc4)CNC3)[nH]c2c1. The Hall–Kier alpha value is -2.73. The van der Waals surface area contributed by atoms with Crippen molar-refractivity contribution in [2.24, 2.45) is 0 Å². The van der Waals surface area contributed by atoms with E-state index in [0.717, 1.165) is 22.2 Å². The third-order valence-electron chi connectivity index (χ3n) is 4.78. The van der Waals surface area contributed by atoms with E-state index in [1.54, 1.807) is 12.1 Å². The lowest BCUT2D eigenvalue weighted by atomic mass is 9.72. The molecule has 25 heavy (non-hydrogen) atoms. The highest BCUT2D eigenvalue weighted by Crippen LogP contribution is 2.32. The number of aromatic amines is 1. The van der Waals surface area contributed by atoms with Gasteiger partial charge < -0.3 is 10.3 Å². The molecule has 1 saturated heterocycles. The third kappa shape index (κ3) is 3.00. The number of amides is 1. The second-order valence-corrected chi connectivity index (χ2v) is 6.72. The highest BCUT2D eigenvalue weighted by Gasteiger charge is 2.40. The zero-order chi connectivity index (χ0) is 17.4. The van der Waals surface area contributed by atoms with Crippen LogP contribution >= 0.6 is 0 Å². The maximum Gasteiger partial charge on any atom is 0.227 e. The maximum atomic E-state index is 13.2. The molecule has 1 fully saturated rings. The van der Waals surface area contributed by atoms with Gasteiger partial charge in [0.2, 0.25) is 11.9 Å². The number of nitrogens with zero attached hydrogens (tertiary/aromatic N) is 1. The van der Waals surface area contributed by atoms with Crippen LogP contribution in [0.4, 0.5) is 10.3 Å². The van der Waals surface area contributed by atoms with Crippen LogP contribution in [0.1, 0.15) is 17.5 Å². The van der Waals surface area contributed by atoms with Crippen LogP contribution < -0.4 is 10.6 Å². The van der Waals surface area contributed by atoms with Gasteiger partial charge in [-0.15, -0.1) is 0 Å². The molecular formula is C19H19FN4O. The van der Waals surface area contributed by atoms with Crippen molar-refractivity contribution >= 4 is 22.9 Å². The summed E-state index contributed by atoms with van der Waals surface area (Å²) < 4.78 is 13.2. The summed E-state index contributed by atoms with van der Waals surface area (Å²) in [5.41, 5.74) is 3.53. The van der Waals surface area contributed by atoms with Crippen LogP contribution in [0.3, 0.4) is 0 Å². The van der Waals surface area contributed by atoms with Gasteiger partial charge >= 0.3 is 0 Å². The molecule has 1 amide bonds. The minimum Gasteiger partial charge on any atom is -0.324 e. The topological polar surface area (TPSA) is 69.8 Å². The molecule has 1 aliphatic heterocycles. The predicted molar refractivity (Wildman–Crippen MR) is 95.0 cm³/mol. The molecule has 5 nitrogen and oxygen atoms in total. The van der Waals surface area contributed by atoms with Gasteiger partial charge in [0.25, 0.3) is 0 Å². The Morgan fingerprint density at radius 3 is 2.68 bits per heavy atom. The summed E-state index contributed by atoms with van der Waals surface area (Å²) in [4.78, 5) is 20.1. The Morgan fingerprint density at radius 2 is 2.00 bits per heavy atom. The second-order valence-electron chi connectivity index (χ2n) is 6.72. The normalized spacial score (nSPS) is 15.8. The summed E-state index contributed by atoms with van der Waals surface area (Å²) in [7, 11) is 0. The van der Waals surface area contributed by atoms with Gasteiger partial charge in [-0.2, -0.15) is 0 Å². The minimum atomic E-state index is -0.291. The molecule has 0 radical (unpaired) electrons. The number of carbonyl (C=O) groups excluding carboxylic acids is 1. The van der Waals surface area contributed by atoms with E-state index in [0.29, 0.717) is 25.5 Å². The second kappa shape index (κ2) is 5.97. The van der Waals surface area contributed by atoms with Crippen LogP contribution in [0.25, 0.3) is 11.0 Å². The number of aromatic nitrogens is 2. The molecular weight excluding hydrogens is 319 g/mol. The summed E-state index contributed by atoms with van der Waals surface area (Å²) in [6, 6.07) is 12.3. The van der Waals surface area contributed by atoms with E-state index in [1.165, 1.54) is 12.1 Å². The summed E-state index contributed by atoms with van der Waals surface area (Å²) in [6.07, 6.45) is 0.321. The van der Waals surface area contributed by atoms with E-state index < -0.39 is 0 Å². The number of nitrogens with one attached hydrogen (secondary N) is 3. The van der Waals surface area contributed by atoms with Crippen LogP contribution in [-0.2, 0) is 10.2 Å².